The maximum Gasteiger partial charge on any atom is 0.293 e. The molecule has 8 heteroatoms. The predicted octanol–water partition coefficient (Wildman–Crippen LogP) is 6.63. The van der Waals surface area contributed by atoms with Crippen LogP contribution in [0.3, 0.4) is 0 Å². The molecule has 0 radical (unpaired) electrons. The molecule has 0 atom stereocenters. The van der Waals surface area contributed by atoms with Crippen LogP contribution in [0.4, 0.5) is 9.18 Å². The molecule has 0 spiro atoms. The molecule has 1 aromatic heterocycles. The fraction of sp³-hybridized carbons (Fsp3) is 0.0476. The zero-order chi connectivity index (χ0) is 20.5. The first-order chi connectivity index (χ1) is 13.9. The number of hydrogen-bond acceptors (Lipinski definition) is 4. The van der Waals surface area contributed by atoms with Gasteiger partial charge in [0, 0.05) is 16.7 Å². The number of rotatable bonds is 4. The lowest BCUT2D eigenvalue weighted by atomic mass is 10.2. The second-order valence-corrected chi connectivity index (χ2v) is 7.99. The van der Waals surface area contributed by atoms with Gasteiger partial charge in [-0.2, -0.15) is 0 Å². The molecule has 2 heterocycles. The number of imide groups is 1. The van der Waals surface area contributed by atoms with Crippen molar-refractivity contribution in [3.63, 3.8) is 0 Å². The van der Waals surface area contributed by atoms with Gasteiger partial charge >= 0.3 is 0 Å². The summed E-state index contributed by atoms with van der Waals surface area (Å²) in [7, 11) is 0. The van der Waals surface area contributed by atoms with Crippen LogP contribution >= 0.6 is 35.0 Å². The lowest BCUT2D eigenvalue weighted by Gasteiger charge is -2.13. The van der Waals surface area contributed by atoms with Gasteiger partial charge in [0.1, 0.15) is 17.3 Å². The highest BCUT2D eigenvalue weighted by Gasteiger charge is 2.35. The summed E-state index contributed by atoms with van der Waals surface area (Å²) in [6.07, 6.45) is 1.51. The van der Waals surface area contributed by atoms with Gasteiger partial charge in [0.2, 0.25) is 0 Å². The largest absolute Gasteiger partial charge is 0.457 e. The molecule has 1 fully saturated rings. The van der Waals surface area contributed by atoms with Gasteiger partial charge in [0.15, 0.2) is 0 Å². The molecule has 0 aliphatic carbocycles. The van der Waals surface area contributed by atoms with Gasteiger partial charge in [-0.1, -0.05) is 41.4 Å². The van der Waals surface area contributed by atoms with Crippen molar-refractivity contribution in [1.82, 2.24) is 4.90 Å². The Bertz CT molecular complexity index is 1160. The minimum atomic E-state index is -0.486. The van der Waals surface area contributed by atoms with E-state index in [2.05, 4.69) is 0 Å². The number of carbonyl (C=O) groups is 2. The molecule has 4 nitrogen and oxygen atoms in total. The van der Waals surface area contributed by atoms with Crippen LogP contribution in [0.1, 0.15) is 11.3 Å². The average Bonchev–Trinajstić information content (AvgIpc) is 3.24. The number of hydrogen-bond donors (Lipinski definition) is 0. The molecule has 0 saturated carbocycles. The van der Waals surface area contributed by atoms with Crippen LogP contribution < -0.4 is 0 Å². The van der Waals surface area contributed by atoms with Gasteiger partial charge < -0.3 is 4.42 Å². The summed E-state index contributed by atoms with van der Waals surface area (Å²) in [5, 5.41) is 0.271. The fourth-order valence-corrected chi connectivity index (χ4v) is 4.10. The molecule has 1 aliphatic heterocycles. The minimum Gasteiger partial charge on any atom is -0.457 e. The lowest BCUT2D eigenvalue weighted by molar-refractivity contribution is -0.123. The number of halogens is 3. The normalized spacial score (nSPS) is 15.6. The highest BCUT2D eigenvalue weighted by molar-refractivity contribution is 8.18. The summed E-state index contributed by atoms with van der Waals surface area (Å²) in [6.45, 7) is -0.0376. The summed E-state index contributed by atoms with van der Waals surface area (Å²) in [5.41, 5.74) is 1.21. The van der Waals surface area contributed by atoms with Crippen LogP contribution in [0, 0.1) is 5.82 Å². The van der Waals surface area contributed by atoms with E-state index in [9.17, 15) is 14.0 Å². The maximum atomic E-state index is 13.2. The molecule has 4 rings (SSSR count). The standard InChI is InChI=1S/C21H12Cl2FNO3S/c22-16-4-2-1-3-15(16)18-8-7-14(28-18)10-19-20(26)25(21(27)29-19)11-12-5-6-13(24)9-17(12)23/h1-10H,11H2/b19-10-. The van der Waals surface area contributed by atoms with E-state index in [-0.39, 0.29) is 16.5 Å². The van der Waals surface area contributed by atoms with Crippen LogP contribution in [0.5, 0.6) is 0 Å². The lowest BCUT2D eigenvalue weighted by Crippen LogP contribution is -2.27. The zero-order valence-electron chi connectivity index (χ0n) is 14.7. The van der Waals surface area contributed by atoms with Crippen LogP contribution in [0.15, 0.2) is 63.9 Å². The summed E-state index contributed by atoms with van der Waals surface area (Å²) in [6, 6.07) is 14.5. The molecule has 1 aliphatic rings. The molecule has 0 bridgehead atoms. The molecular weight excluding hydrogens is 436 g/mol. The highest BCUT2D eigenvalue weighted by Crippen LogP contribution is 2.35. The molecular formula is C21H12Cl2FNO3S. The topological polar surface area (TPSA) is 50.5 Å². The van der Waals surface area contributed by atoms with Crippen molar-refractivity contribution in [2.75, 3.05) is 0 Å². The molecule has 146 valence electrons. The van der Waals surface area contributed by atoms with Gasteiger partial charge in [-0.15, -0.1) is 0 Å². The summed E-state index contributed by atoms with van der Waals surface area (Å²) >= 11 is 13.0. The van der Waals surface area contributed by atoms with Crippen molar-refractivity contribution in [1.29, 1.82) is 0 Å². The van der Waals surface area contributed by atoms with Crippen molar-refractivity contribution >= 4 is 52.2 Å². The van der Waals surface area contributed by atoms with Gasteiger partial charge in [-0.25, -0.2) is 4.39 Å². The van der Waals surface area contributed by atoms with E-state index >= 15 is 0 Å². The molecule has 29 heavy (non-hydrogen) atoms. The number of thioether (sulfide) groups is 1. The van der Waals surface area contributed by atoms with E-state index in [4.69, 9.17) is 27.6 Å². The first-order valence-corrected chi connectivity index (χ1v) is 10.0. The maximum absolute atomic E-state index is 13.2. The molecule has 2 amide bonds. The van der Waals surface area contributed by atoms with Gasteiger partial charge in [-0.3, -0.25) is 14.5 Å². The number of carbonyl (C=O) groups excluding carboxylic acids is 2. The van der Waals surface area contributed by atoms with Crippen molar-refractivity contribution < 1.29 is 18.4 Å². The van der Waals surface area contributed by atoms with Crippen molar-refractivity contribution in [2.45, 2.75) is 6.54 Å². The van der Waals surface area contributed by atoms with Crippen molar-refractivity contribution in [3.8, 4) is 11.3 Å². The Morgan fingerprint density at radius 3 is 2.59 bits per heavy atom. The fourth-order valence-electron chi connectivity index (χ4n) is 2.82. The van der Waals surface area contributed by atoms with Gasteiger partial charge in [0.05, 0.1) is 16.5 Å². The van der Waals surface area contributed by atoms with Crippen LogP contribution in [0.2, 0.25) is 10.0 Å². The Labute approximate surface area is 179 Å². The molecule has 3 aromatic rings. The summed E-state index contributed by atoms with van der Waals surface area (Å²) < 4.78 is 19.0. The third-order valence-electron chi connectivity index (χ3n) is 4.26. The average molecular weight is 448 g/mol. The smallest absolute Gasteiger partial charge is 0.293 e. The Kier molecular flexibility index (Phi) is 5.50. The number of benzene rings is 2. The second-order valence-electron chi connectivity index (χ2n) is 6.19. The Morgan fingerprint density at radius 2 is 1.83 bits per heavy atom. The quantitative estimate of drug-likeness (QED) is 0.421. The van der Waals surface area contributed by atoms with Gasteiger partial charge in [-0.05, 0) is 53.7 Å². The van der Waals surface area contributed by atoms with E-state index < -0.39 is 17.0 Å². The first-order valence-electron chi connectivity index (χ1n) is 8.46. The van der Waals surface area contributed by atoms with Gasteiger partial charge in [0.25, 0.3) is 11.1 Å². The Morgan fingerprint density at radius 1 is 1.03 bits per heavy atom. The third-order valence-corrected chi connectivity index (χ3v) is 5.85. The van der Waals surface area contributed by atoms with Crippen molar-refractivity contribution in [3.05, 3.63) is 86.7 Å². The van der Waals surface area contributed by atoms with Crippen LogP contribution in [-0.2, 0) is 11.3 Å². The first kappa shape index (κ1) is 19.8. The minimum absolute atomic E-state index is 0.0376. The van der Waals surface area contributed by atoms with Crippen LogP contribution in [-0.4, -0.2) is 16.0 Å². The van der Waals surface area contributed by atoms with E-state index in [1.165, 1.54) is 18.2 Å². The monoisotopic (exact) mass is 447 g/mol. The zero-order valence-corrected chi connectivity index (χ0v) is 17.0. The number of nitrogens with zero attached hydrogens (tertiary/aromatic N) is 1. The summed E-state index contributed by atoms with van der Waals surface area (Å²) in [4.78, 5) is 26.3. The molecule has 0 N–H and O–H groups in total. The van der Waals surface area contributed by atoms with E-state index in [1.807, 2.05) is 18.2 Å². The Hall–Kier alpha value is -2.54. The predicted molar refractivity (Wildman–Crippen MR) is 112 cm³/mol. The SMILES string of the molecule is O=C1S/C(=C\c2ccc(-c3ccccc3Cl)o2)C(=O)N1Cc1ccc(F)cc1Cl. The van der Waals surface area contributed by atoms with E-state index in [0.29, 0.717) is 22.1 Å². The highest BCUT2D eigenvalue weighted by atomic mass is 35.5. The van der Waals surface area contributed by atoms with E-state index in [1.54, 1.807) is 18.2 Å². The van der Waals surface area contributed by atoms with Crippen molar-refractivity contribution in [2.24, 2.45) is 0 Å². The number of amides is 2. The molecule has 1 saturated heterocycles. The summed E-state index contributed by atoms with van der Waals surface area (Å²) in [5.74, 6) is 0.0282. The van der Waals surface area contributed by atoms with E-state index in [0.717, 1.165) is 28.3 Å². The second kappa shape index (κ2) is 8.06. The molecule has 0 unspecified atom stereocenters. The number of furan rings is 1. The molecule has 2 aromatic carbocycles. The van der Waals surface area contributed by atoms with Crippen LogP contribution in [0.25, 0.3) is 17.4 Å². The Balaban J connectivity index is 1.56. The third kappa shape index (κ3) is 4.10.